The molecule has 0 radical (unpaired) electrons. The molecule has 6 nitrogen and oxygen atoms in total. The number of aromatic amines is 1. The largest absolute Gasteiger partial charge is 0.380 e. The van der Waals surface area contributed by atoms with Crippen molar-refractivity contribution >= 4 is 0 Å². The van der Waals surface area contributed by atoms with Crippen molar-refractivity contribution in [3.05, 3.63) is 46.8 Å². The second-order valence-corrected chi connectivity index (χ2v) is 6.81. The quantitative estimate of drug-likeness (QED) is 0.904. The minimum atomic E-state index is -0.391. The monoisotopic (exact) mass is 341 g/mol. The number of H-pyrrole nitrogens is 1. The molecule has 7 heteroatoms. The molecule has 0 amide bonds. The van der Waals surface area contributed by atoms with Gasteiger partial charge in [-0.05, 0) is 37.0 Å². The summed E-state index contributed by atoms with van der Waals surface area (Å²) >= 11 is 0. The minimum Gasteiger partial charge on any atom is -0.380 e. The number of benzene rings is 1. The summed E-state index contributed by atoms with van der Waals surface area (Å²) in [5.74, 6) is 1.86. The van der Waals surface area contributed by atoms with E-state index in [1.807, 2.05) is 0 Å². The van der Waals surface area contributed by atoms with Gasteiger partial charge in [-0.2, -0.15) is 10.4 Å². The fraction of sp³-hybridized carbons (Fsp3) is 0.500. The van der Waals surface area contributed by atoms with Crippen LogP contribution in [0, 0.1) is 17.1 Å². The number of hydrogen-bond acceptors (Lipinski definition) is 5. The first-order valence-corrected chi connectivity index (χ1v) is 8.55. The first kappa shape index (κ1) is 16.2. The summed E-state index contributed by atoms with van der Waals surface area (Å²) in [6, 6.07) is 6.51. The van der Waals surface area contributed by atoms with Crippen LogP contribution in [-0.2, 0) is 11.3 Å². The lowest BCUT2D eigenvalue weighted by Gasteiger charge is -2.22. The third kappa shape index (κ3) is 3.28. The van der Waals surface area contributed by atoms with E-state index in [9.17, 15) is 9.65 Å². The fourth-order valence-corrected chi connectivity index (χ4v) is 3.46. The Labute approximate surface area is 145 Å². The summed E-state index contributed by atoms with van der Waals surface area (Å²) in [7, 11) is 1.71. The number of ether oxygens (including phenoxy) is 1. The van der Waals surface area contributed by atoms with Crippen LogP contribution in [0.4, 0.5) is 4.39 Å². The first-order chi connectivity index (χ1) is 12.2. The van der Waals surface area contributed by atoms with Gasteiger partial charge < -0.3 is 4.74 Å². The summed E-state index contributed by atoms with van der Waals surface area (Å²) in [6.45, 7) is 1.29. The SMILES string of the molecule is CO[C@@H]1C[C@@H](c2nc(C3CC3)n[nH]2)N(Cc2ccc(F)cc2C#N)C1. The summed E-state index contributed by atoms with van der Waals surface area (Å²) in [5, 5.41) is 16.7. The Morgan fingerprint density at radius 1 is 1.44 bits per heavy atom. The zero-order valence-corrected chi connectivity index (χ0v) is 14.1. The second kappa shape index (κ2) is 6.54. The molecule has 2 aromatic rings. The van der Waals surface area contributed by atoms with Crippen molar-refractivity contribution < 1.29 is 9.13 Å². The fourth-order valence-electron chi connectivity index (χ4n) is 3.46. The molecule has 0 spiro atoms. The number of hydrogen-bond donors (Lipinski definition) is 1. The molecule has 1 aliphatic carbocycles. The number of nitriles is 1. The van der Waals surface area contributed by atoms with Gasteiger partial charge in [-0.15, -0.1) is 0 Å². The molecule has 1 aromatic heterocycles. The highest BCUT2D eigenvalue weighted by molar-refractivity contribution is 5.38. The molecule has 2 heterocycles. The molecule has 0 bridgehead atoms. The Morgan fingerprint density at radius 2 is 2.28 bits per heavy atom. The van der Waals surface area contributed by atoms with E-state index in [2.05, 4.69) is 26.2 Å². The molecule has 1 aliphatic heterocycles. The maximum atomic E-state index is 13.4. The van der Waals surface area contributed by atoms with Gasteiger partial charge in [0.05, 0.1) is 23.8 Å². The van der Waals surface area contributed by atoms with E-state index in [-0.39, 0.29) is 12.1 Å². The maximum absolute atomic E-state index is 13.4. The van der Waals surface area contributed by atoms with E-state index in [1.54, 1.807) is 13.2 Å². The minimum absolute atomic E-state index is 0.0570. The Balaban J connectivity index is 1.58. The molecule has 1 saturated heterocycles. The van der Waals surface area contributed by atoms with Crippen LogP contribution in [0.3, 0.4) is 0 Å². The number of likely N-dealkylation sites (tertiary alicyclic amines) is 1. The molecule has 2 aliphatic rings. The molecule has 2 fully saturated rings. The lowest BCUT2D eigenvalue weighted by Crippen LogP contribution is -2.25. The summed E-state index contributed by atoms with van der Waals surface area (Å²) in [6.07, 6.45) is 3.24. The topological polar surface area (TPSA) is 77.8 Å². The van der Waals surface area contributed by atoms with Crippen LogP contribution < -0.4 is 0 Å². The van der Waals surface area contributed by atoms with Gasteiger partial charge in [-0.3, -0.25) is 10.00 Å². The Morgan fingerprint density at radius 3 is 3.00 bits per heavy atom. The number of nitrogens with one attached hydrogen (secondary N) is 1. The van der Waals surface area contributed by atoms with E-state index in [0.717, 1.165) is 43.0 Å². The smallest absolute Gasteiger partial charge is 0.153 e. The molecule has 0 unspecified atom stereocenters. The van der Waals surface area contributed by atoms with Gasteiger partial charge in [0.2, 0.25) is 0 Å². The van der Waals surface area contributed by atoms with Gasteiger partial charge in [0.1, 0.15) is 11.6 Å². The highest BCUT2D eigenvalue weighted by atomic mass is 19.1. The van der Waals surface area contributed by atoms with Gasteiger partial charge in [-0.25, -0.2) is 9.37 Å². The van der Waals surface area contributed by atoms with Crippen LogP contribution in [-0.4, -0.2) is 39.8 Å². The highest BCUT2D eigenvalue weighted by Crippen LogP contribution is 2.39. The highest BCUT2D eigenvalue weighted by Gasteiger charge is 2.37. The third-order valence-electron chi connectivity index (χ3n) is 5.04. The van der Waals surface area contributed by atoms with E-state index < -0.39 is 5.82 Å². The molecule has 1 saturated carbocycles. The van der Waals surface area contributed by atoms with Crippen molar-refractivity contribution in [1.82, 2.24) is 20.1 Å². The Hall–Kier alpha value is -2.30. The van der Waals surface area contributed by atoms with E-state index in [0.29, 0.717) is 18.0 Å². The lowest BCUT2D eigenvalue weighted by molar-refractivity contribution is 0.107. The average Bonchev–Trinajstić information content (AvgIpc) is 3.21. The normalized spacial score (nSPS) is 23.7. The van der Waals surface area contributed by atoms with Gasteiger partial charge in [0, 0.05) is 26.1 Å². The average molecular weight is 341 g/mol. The lowest BCUT2D eigenvalue weighted by atomic mass is 10.1. The predicted octanol–water partition coefficient (Wildman–Crippen LogP) is 2.65. The molecule has 4 rings (SSSR count). The predicted molar refractivity (Wildman–Crippen MR) is 88.0 cm³/mol. The summed E-state index contributed by atoms with van der Waals surface area (Å²) in [4.78, 5) is 6.90. The third-order valence-corrected chi connectivity index (χ3v) is 5.04. The maximum Gasteiger partial charge on any atom is 0.153 e. The number of rotatable bonds is 5. The Bertz CT molecular complexity index is 810. The van der Waals surface area contributed by atoms with Gasteiger partial charge >= 0.3 is 0 Å². The Kier molecular flexibility index (Phi) is 4.24. The van der Waals surface area contributed by atoms with Crippen LogP contribution in [0.2, 0.25) is 0 Å². The molecule has 25 heavy (non-hydrogen) atoms. The zero-order valence-electron chi connectivity index (χ0n) is 14.1. The van der Waals surface area contributed by atoms with E-state index in [4.69, 9.17) is 4.74 Å². The standard InChI is InChI=1S/C18H20FN5O/c1-25-15-7-16(18-21-17(22-23-18)11-2-3-11)24(10-15)9-12-4-5-14(19)6-13(12)8-20/h4-6,11,15-16H,2-3,7,9-10H2,1H3,(H,21,22,23)/t15-,16+/m1/s1. The van der Waals surface area contributed by atoms with Crippen molar-refractivity contribution in [2.24, 2.45) is 0 Å². The van der Waals surface area contributed by atoms with Gasteiger partial charge in [0.15, 0.2) is 5.82 Å². The van der Waals surface area contributed by atoms with Crippen LogP contribution in [0.25, 0.3) is 0 Å². The molecule has 1 aromatic carbocycles. The zero-order chi connectivity index (χ0) is 17.4. The first-order valence-electron chi connectivity index (χ1n) is 8.55. The van der Waals surface area contributed by atoms with Crippen molar-refractivity contribution in [2.75, 3.05) is 13.7 Å². The number of halogens is 1. The molecule has 2 atom stereocenters. The van der Waals surface area contributed by atoms with Crippen LogP contribution >= 0.6 is 0 Å². The van der Waals surface area contributed by atoms with E-state index >= 15 is 0 Å². The van der Waals surface area contributed by atoms with Crippen LogP contribution in [0.5, 0.6) is 0 Å². The van der Waals surface area contributed by atoms with Crippen molar-refractivity contribution in [3.8, 4) is 6.07 Å². The van der Waals surface area contributed by atoms with Crippen LogP contribution in [0.1, 0.15) is 54.0 Å². The number of methoxy groups -OCH3 is 1. The number of nitrogens with zero attached hydrogens (tertiary/aromatic N) is 4. The van der Waals surface area contributed by atoms with Gasteiger partial charge in [0.25, 0.3) is 0 Å². The number of aromatic nitrogens is 3. The van der Waals surface area contributed by atoms with Crippen molar-refractivity contribution in [3.63, 3.8) is 0 Å². The molecule has 130 valence electrons. The van der Waals surface area contributed by atoms with Crippen LogP contribution in [0.15, 0.2) is 18.2 Å². The second-order valence-electron chi connectivity index (χ2n) is 6.81. The van der Waals surface area contributed by atoms with Crippen molar-refractivity contribution in [1.29, 1.82) is 5.26 Å². The van der Waals surface area contributed by atoms with E-state index in [1.165, 1.54) is 12.1 Å². The molecular formula is C18H20FN5O. The van der Waals surface area contributed by atoms with Gasteiger partial charge in [-0.1, -0.05) is 6.07 Å². The summed E-state index contributed by atoms with van der Waals surface area (Å²) < 4.78 is 18.9. The van der Waals surface area contributed by atoms with Crippen molar-refractivity contribution in [2.45, 2.75) is 43.9 Å². The molecule has 1 N–H and O–H groups in total. The summed E-state index contributed by atoms with van der Waals surface area (Å²) in [5.41, 5.74) is 1.18. The molecular weight excluding hydrogens is 321 g/mol.